The van der Waals surface area contributed by atoms with E-state index in [-0.39, 0.29) is 29.3 Å². The zero-order valence-electron chi connectivity index (χ0n) is 14.9. The molecule has 25 heavy (non-hydrogen) atoms. The van der Waals surface area contributed by atoms with Gasteiger partial charge in [-0.05, 0) is 31.0 Å². The van der Waals surface area contributed by atoms with Crippen molar-refractivity contribution in [2.75, 3.05) is 13.2 Å². The molecule has 136 valence electrons. The lowest BCUT2D eigenvalue weighted by molar-refractivity contribution is -0.129. The first kappa shape index (κ1) is 18.8. The molecule has 1 aromatic rings. The molecule has 0 radical (unpaired) electrons. The summed E-state index contributed by atoms with van der Waals surface area (Å²) in [5, 5.41) is 20.2. The Morgan fingerprint density at radius 3 is 2.56 bits per heavy atom. The summed E-state index contributed by atoms with van der Waals surface area (Å²) in [4.78, 5) is 26.4. The van der Waals surface area contributed by atoms with Crippen LogP contribution in [0.2, 0.25) is 0 Å². The van der Waals surface area contributed by atoms with E-state index in [4.69, 9.17) is 4.74 Å². The number of aliphatic hydroxyl groups is 1. The predicted molar refractivity (Wildman–Crippen MR) is 93.6 cm³/mol. The number of amides is 1. The normalized spacial score (nSPS) is 17.3. The van der Waals surface area contributed by atoms with Crippen molar-refractivity contribution >= 4 is 11.7 Å². The maximum Gasteiger partial charge on any atom is 0.290 e. The van der Waals surface area contributed by atoms with Crippen LogP contribution < -0.4 is 4.74 Å². The highest BCUT2D eigenvalue weighted by Gasteiger charge is 2.42. The summed E-state index contributed by atoms with van der Waals surface area (Å²) in [5.41, 5.74) is 0.753. The Balaban J connectivity index is 2.52. The van der Waals surface area contributed by atoms with Gasteiger partial charge in [-0.15, -0.1) is 0 Å². The van der Waals surface area contributed by atoms with Crippen LogP contribution in [0.1, 0.15) is 51.6 Å². The lowest BCUT2D eigenvalue weighted by Gasteiger charge is -2.27. The summed E-state index contributed by atoms with van der Waals surface area (Å²) in [6.45, 7) is 6.32. The zero-order valence-corrected chi connectivity index (χ0v) is 14.9. The molecule has 1 aromatic carbocycles. The van der Waals surface area contributed by atoms with Gasteiger partial charge in [-0.25, -0.2) is 0 Å². The third-order valence-electron chi connectivity index (χ3n) is 4.28. The van der Waals surface area contributed by atoms with Crippen LogP contribution in [-0.2, 0) is 9.59 Å². The molecule has 0 bridgehead atoms. The topological polar surface area (TPSA) is 87.1 Å². The maximum absolute atomic E-state index is 12.5. The highest BCUT2D eigenvalue weighted by Crippen LogP contribution is 2.41. The molecule has 2 N–H and O–H groups in total. The number of aromatic hydroxyl groups is 1. The Hall–Kier alpha value is -2.50. The summed E-state index contributed by atoms with van der Waals surface area (Å²) in [7, 11) is 0. The molecule has 0 saturated heterocycles. The van der Waals surface area contributed by atoms with Crippen LogP contribution in [0, 0.1) is 0 Å². The smallest absolute Gasteiger partial charge is 0.290 e. The fraction of sp³-hybridized carbons (Fsp3) is 0.474. The van der Waals surface area contributed by atoms with E-state index in [1.807, 2.05) is 6.92 Å². The SMILES string of the molecule is CCCCN1C(=O)C(O)=C(C(=O)CC)C1c1ccc(O)c(OCC)c1. The van der Waals surface area contributed by atoms with Gasteiger partial charge < -0.3 is 19.8 Å². The van der Waals surface area contributed by atoms with Crippen LogP contribution >= 0.6 is 0 Å². The van der Waals surface area contributed by atoms with Gasteiger partial charge in [-0.3, -0.25) is 9.59 Å². The molecule has 1 heterocycles. The average molecular weight is 347 g/mol. The fourth-order valence-corrected chi connectivity index (χ4v) is 3.01. The van der Waals surface area contributed by atoms with E-state index in [0.29, 0.717) is 18.7 Å². The van der Waals surface area contributed by atoms with Crippen LogP contribution in [0.4, 0.5) is 0 Å². The monoisotopic (exact) mass is 347 g/mol. The van der Waals surface area contributed by atoms with Crippen molar-refractivity contribution in [1.29, 1.82) is 0 Å². The van der Waals surface area contributed by atoms with Crippen molar-refractivity contribution in [3.8, 4) is 11.5 Å². The number of carbonyl (C=O) groups excluding carboxylic acids is 2. The summed E-state index contributed by atoms with van der Waals surface area (Å²) < 4.78 is 5.41. The van der Waals surface area contributed by atoms with Crippen molar-refractivity contribution in [2.24, 2.45) is 0 Å². The van der Waals surface area contributed by atoms with Gasteiger partial charge in [0.15, 0.2) is 23.0 Å². The van der Waals surface area contributed by atoms with E-state index in [0.717, 1.165) is 12.8 Å². The summed E-state index contributed by atoms with van der Waals surface area (Å²) in [6.07, 6.45) is 1.84. The highest BCUT2D eigenvalue weighted by molar-refractivity contribution is 6.08. The highest BCUT2D eigenvalue weighted by atomic mass is 16.5. The summed E-state index contributed by atoms with van der Waals surface area (Å²) in [5.74, 6) is -0.981. The van der Waals surface area contributed by atoms with Crippen molar-refractivity contribution in [1.82, 2.24) is 4.90 Å². The van der Waals surface area contributed by atoms with Gasteiger partial charge in [-0.2, -0.15) is 0 Å². The Labute approximate surface area is 147 Å². The molecule has 1 unspecified atom stereocenters. The Morgan fingerprint density at radius 1 is 1.24 bits per heavy atom. The number of hydrogen-bond acceptors (Lipinski definition) is 5. The molecule has 0 fully saturated rings. The van der Waals surface area contributed by atoms with Gasteiger partial charge >= 0.3 is 0 Å². The van der Waals surface area contributed by atoms with E-state index in [1.54, 1.807) is 26.0 Å². The minimum absolute atomic E-state index is 0.00778. The first-order valence-electron chi connectivity index (χ1n) is 8.69. The van der Waals surface area contributed by atoms with Gasteiger partial charge in [0, 0.05) is 13.0 Å². The quantitative estimate of drug-likeness (QED) is 0.754. The molecule has 0 aliphatic carbocycles. The molecule has 1 aliphatic heterocycles. The number of phenols is 1. The second kappa shape index (κ2) is 8.05. The van der Waals surface area contributed by atoms with Gasteiger partial charge in [-0.1, -0.05) is 26.3 Å². The van der Waals surface area contributed by atoms with Crippen molar-refractivity contribution in [3.63, 3.8) is 0 Å². The molecule has 0 aromatic heterocycles. The van der Waals surface area contributed by atoms with Gasteiger partial charge in [0.25, 0.3) is 5.91 Å². The molecule has 1 aliphatic rings. The van der Waals surface area contributed by atoms with E-state index < -0.39 is 17.7 Å². The number of carbonyl (C=O) groups is 2. The van der Waals surface area contributed by atoms with Crippen molar-refractivity contribution in [3.05, 3.63) is 35.1 Å². The summed E-state index contributed by atoms with van der Waals surface area (Å²) in [6, 6.07) is 4.09. The van der Waals surface area contributed by atoms with E-state index >= 15 is 0 Å². The van der Waals surface area contributed by atoms with Crippen molar-refractivity contribution in [2.45, 2.75) is 46.1 Å². The molecule has 6 heteroatoms. The number of aliphatic hydroxyl groups excluding tert-OH is 1. The Kier molecular flexibility index (Phi) is 6.07. The zero-order chi connectivity index (χ0) is 18.6. The largest absolute Gasteiger partial charge is 0.504 e. The fourth-order valence-electron chi connectivity index (χ4n) is 3.01. The standard InChI is InChI=1S/C19H25NO5/c1-4-7-10-20-17(16(13(21)5-2)18(23)19(20)24)12-8-9-14(22)15(11-12)25-6-3/h8-9,11,17,22-23H,4-7,10H2,1-3H3. The van der Waals surface area contributed by atoms with E-state index in [2.05, 4.69) is 0 Å². The Bertz CT molecular complexity index is 695. The van der Waals surface area contributed by atoms with Crippen LogP contribution in [0.5, 0.6) is 11.5 Å². The van der Waals surface area contributed by atoms with Crippen molar-refractivity contribution < 1.29 is 24.5 Å². The van der Waals surface area contributed by atoms with Gasteiger partial charge in [0.05, 0.1) is 18.2 Å². The number of phenolic OH excluding ortho intramolecular Hbond substituents is 1. The minimum atomic E-state index is -0.661. The number of ether oxygens (including phenoxy) is 1. The molecular weight excluding hydrogens is 322 g/mol. The Morgan fingerprint density at radius 2 is 1.96 bits per heavy atom. The number of Topliss-reactive ketones (excluding diaryl/α,β-unsaturated/α-hetero) is 1. The molecule has 2 rings (SSSR count). The number of rotatable bonds is 8. The molecule has 0 spiro atoms. The number of benzene rings is 1. The van der Waals surface area contributed by atoms with Crippen LogP contribution in [-0.4, -0.2) is 40.0 Å². The van der Waals surface area contributed by atoms with E-state index in [1.165, 1.54) is 11.0 Å². The molecule has 1 amide bonds. The second-order valence-corrected chi connectivity index (χ2v) is 5.95. The number of nitrogens with zero attached hydrogens (tertiary/aromatic N) is 1. The first-order valence-corrected chi connectivity index (χ1v) is 8.69. The van der Waals surface area contributed by atoms with Crippen LogP contribution in [0.15, 0.2) is 29.5 Å². The van der Waals surface area contributed by atoms with Gasteiger partial charge in [0.2, 0.25) is 0 Å². The van der Waals surface area contributed by atoms with Crippen LogP contribution in [0.3, 0.4) is 0 Å². The predicted octanol–water partition coefficient (Wildman–Crippen LogP) is 3.27. The molecule has 0 saturated carbocycles. The average Bonchev–Trinajstić information content (AvgIpc) is 2.86. The van der Waals surface area contributed by atoms with E-state index in [9.17, 15) is 19.8 Å². The second-order valence-electron chi connectivity index (χ2n) is 5.95. The lowest BCUT2D eigenvalue weighted by atomic mass is 9.94. The number of ketones is 1. The number of unbranched alkanes of at least 4 members (excludes halogenated alkanes) is 1. The van der Waals surface area contributed by atoms with Crippen LogP contribution in [0.25, 0.3) is 0 Å². The summed E-state index contributed by atoms with van der Waals surface area (Å²) >= 11 is 0. The van der Waals surface area contributed by atoms with Gasteiger partial charge in [0.1, 0.15) is 0 Å². The first-order chi connectivity index (χ1) is 12.0. The molecule has 1 atom stereocenters. The maximum atomic E-state index is 12.5. The third-order valence-corrected chi connectivity index (χ3v) is 4.28. The number of hydrogen-bond donors (Lipinski definition) is 2. The molecule has 6 nitrogen and oxygen atoms in total. The minimum Gasteiger partial charge on any atom is -0.504 e. The lowest BCUT2D eigenvalue weighted by Crippen LogP contribution is -2.32. The molecular formula is C19H25NO5. The third kappa shape index (κ3) is 3.62.